The summed E-state index contributed by atoms with van der Waals surface area (Å²) in [5, 5.41) is 6.89. The lowest BCUT2D eigenvalue weighted by molar-refractivity contribution is 0.187. The number of carbonyl (C=O) groups is 1. The van der Waals surface area contributed by atoms with Crippen LogP contribution in [0.4, 0.5) is 21.9 Å². The quantitative estimate of drug-likeness (QED) is 0.846. The van der Waals surface area contributed by atoms with Crippen LogP contribution in [-0.4, -0.2) is 13.2 Å². The van der Waals surface area contributed by atoms with E-state index in [1.807, 2.05) is 12.1 Å². The summed E-state index contributed by atoms with van der Waals surface area (Å²) in [6, 6.07) is 12.3. The predicted octanol–water partition coefficient (Wildman–Crippen LogP) is 4.92. The molecule has 2 N–H and O–H groups in total. The molecule has 104 valence electrons. The van der Waals surface area contributed by atoms with Crippen molar-refractivity contribution in [3.05, 3.63) is 52.5 Å². The van der Waals surface area contributed by atoms with Crippen molar-refractivity contribution < 1.29 is 9.53 Å². The number of halogens is 2. The maximum atomic E-state index is 11.1. The van der Waals surface area contributed by atoms with Gasteiger partial charge in [-0.25, -0.2) is 4.79 Å². The highest BCUT2D eigenvalue weighted by atomic mass is 35.5. The van der Waals surface area contributed by atoms with E-state index in [1.54, 1.807) is 30.3 Å². The Bertz CT molecular complexity index is 615. The Morgan fingerprint density at radius 1 is 1.05 bits per heavy atom. The summed E-state index contributed by atoms with van der Waals surface area (Å²) >= 11 is 12.0. The number of anilines is 3. The number of methoxy groups -OCH3 is 1. The SMILES string of the molecule is COC(=O)Nc1ccc(Nc2cc(Cl)ccc2Cl)cc1. The monoisotopic (exact) mass is 310 g/mol. The maximum absolute atomic E-state index is 11.1. The third-order valence-corrected chi connectivity index (χ3v) is 3.09. The molecule has 0 radical (unpaired) electrons. The lowest BCUT2D eigenvalue weighted by Gasteiger charge is -2.10. The van der Waals surface area contributed by atoms with E-state index in [0.717, 1.165) is 5.69 Å². The second-order valence-electron chi connectivity index (χ2n) is 3.94. The zero-order valence-corrected chi connectivity index (χ0v) is 12.1. The van der Waals surface area contributed by atoms with Crippen molar-refractivity contribution in [3.8, 4) is 0 Å². The van der Waals surface area contributed by atoms with Gasteiger partial charge in [0, 0.05) is 16.4 Å². The average molecular weight is 311 g/mol. The fraction of sp³-hybridized carbons (Fsp3) is 0.0714. The molecule has 2 aromatic carbocycles. The summed E-state index contributed by atoms with van der Waals surface area (Å²) in [5.74, 6) is 0. The molecule has 0 atom stereocenters. The molecule has 0 fully saturated rings. The molecule has 2 rings (SSSR count). The highest BCUT2D eigenvalue weighted by molar-refractivity contribution is 6.35. The summed E-state index contributed by atoms with van der Waals surface area (Å²) < 4.78 is 4.51. The smallest absolute Gasteiger partial charge is 0.411 e. The van der Waals surface area contributed by atoms with Gasteiger partial charge in [0.15, 0.2) is 0 Å². The molecule has 0 aliphatic rings. The highest BCUT2D eigenvalue weighted by Gasteiger charge is 2.03. The van der Waals surface area contributed by atoms with Crippen molar-refractivity contribution in [2.45, 2.75) is 0 Å². The summed E-state index contributed by atoms with van der Waals surface area (Å²) in [6.07, 6.45) is -0.511. The summed E-state index contributed by atoms with van der Waals surface area (Å²) in [4.78, 5) is 11.1. The van der Waals surface area contributed by atoms with Gasteiger partial charge in [0.2, 0.25) is 0 Å². The normalized spacial score (nSPS) is 9.95. The molecular weight excluding hydrogens is 299 g/mol. The number of hydrogen-bond donors (Lipinski definition) is 2. The van der Waals surface area contributed by atoms with E-state index in [4.69, 9.17) is 23.2 Å². The third kappa shape index (κ3) is 3.79. The molecule has 6 heteroatoms. The van der Waals surface area contributed by atoms with Gasteiger partial charge in [-0.2, -0.15) is 0 Å². The molecule has 1 amide bonds. The Kier molecular flexibility index (Phi) is 4.71. The van der Waals surface area contributed by atoms with Crippen LogP contribution in [-0.2, 0) is 4.74 Å². The largest absolute Gasteiger partial charge is 0.453 e. The fourth-order valence-electron chi connectivity index (χ4n) is 1.55. The second-order valence-corrected chi connectivity index (χ2v) is 4.79. The maximum Gasteiger partial charge on any atom is 0.411 e. The first kappa shape index (κ1) is 14.5. The van der Waals surface area contributed by atoms with E-state index in [2.05, 4.69) is 15.4 Å². The lowest BCUT2D eigenvalue weighted by atomic mass is 10.2. The Morgan fingerprint density at radius 2 is 1.70 bits per heavy atom. The van der Waals surface area contributed by atoms with Crippen LogP contribution in [0.3, 0.4) is 0 Å². The molecular formula is C14H12Cl2N2O2. The van der Waals surface area contributed by atoms with Crippen LogP contribution in [0.25, 0.3) is 0 Å². The zero-order valence-electron chi connectivity index (χ0n) is 10.6. The van der Waals surface area contributed by atoms with Crippen molar-refractivity contribution in [2.75, 3.05) is 17.7 Å². The van der Waals surface area contributed by atoms with E-state index in [1.165, 1.54) is 7.11 Å². The summed E-state index contributed by atoms with van der Waals surface area (Å²) in [6.45, 7) is 0. The minimum Gasteiger partial charge on any atom is -0.453 e. The molecule has 2 aromatic rings. The van der Waals surface area contributed by atoms with Crippen molar-refractivity contribution >= 4 is 46.4 Å². The molecule has 0 spiro atoms. The topological polar surface area (TPSA) is 50.4 Å². The van der Waals surface area contributed by atoms with Crippen LogP contribution in [0.15, 0.2) is 42.5 Å². The van der Waals surface area contributed by atoms with Crippen LogP contribution in [0, 0.1) is 0 Å². The number of carbonyl (C=O) groups excluding carboxylic acids is 1. The first-order valence-corrected chi connectivity index (χ1v) is 6.51. The van der Waals surface area contributed by atoms with Gasteiger partial charge in [0.05, 0.1) is 17.8 Å². The molecule has 0 aliphatic carbocycles. The predicted molar refractivity (Wildman–Crippen MR) is 82.2 cm³/mol. The molecule has 0 unspecified atom stereocenters. The summed E-state index contributed by atoms with van der Waals surface area (Å²) in [5.41, 5.74) is 2.18. The van der Waals surface area contributed by atoms with Crippen LogP contribution >= 0.6 is 23.2 Å². The fourth-order valence-corrected chi connectivity index (χ4v) is 1.89. The molecule has 0 heterocycles. The Hall–Kier alpha value is -1.91. The van der Waals surface area contributed by atoms with Crippen molar-refractivity contribution in [1.82, 2.24) is 0 Å². The molecule has 0 bridgehead atoms. The molecule has 20 heavy (non-hydrogen) atoms. The lowest BCUT2D eigenvalue weighted by Crippen LogP contribution is -2.10. The van der Waals surface area contributed by atoms with Crippen LogP contribution in [0.1, 0.15) is 0 Å². The number of amides is 1. The first-order valence-electron chi connectivity index (χ1n) is 5.75. The van der Waals surface area contributed by atoms with Crippen molar-refractivity contribution in [2.24, 2.45) is 0 Å². The summed E-state index contributed by atoms with van der Waals surface area (Å²) in [7, 11) is 1.31. The Balaban J connectivity index is 2.10. The number of hydrogen-bond acceptors (Lipinski definition) is 3. The molecule has 0 saturated heterocycles. The minimum atomic E-state index is -0.511. The molecule has 4 nitrogen and oxygen atoms in total. The Morgan fingerprint density at radius 3 is 2.35 bits per heavy atom. The Labute approximate surface area is 126 Å². The van der Waals surface area contributed by atoms with E-state index in [9.17, 15) is 4.79 Å². The van der Waals surface area contributed by atoms with Gasteiger partial charge in [-0.05, 0) is 42.5 Å². The van der Waals surface area contributed by atoms with Gasteiger partial charge in [0.25, 0.3) is 0 Å². The molecule has 0 saturated carbocycles. The standard InChI is InChI=1S/C14H12Cl2N2O2/c1-20-14(19)18-11-5-3-10(4-6-11)17-13-8-9(15)2-7-12(13)16/h2-8,17H,1H3,(H,18,19). The van der Waals surface area contributed by atoms with E-state index in [0.29, 0.717) is 21.4 Å². The van der Waals surface area contributed by atoms with E-state index >= 15 is 0 Å². The van der Waals surface area contributed by atoms with Crippen LogP contribution in [0.2, 0.25) is 10.0 Å². The molecule has 0 aliphatic heterocycles. The first-order chi connectivity index (χ1) is 9.58. The van der Waals surface area contributed by atoms with Gasteiger partial charge in [-0.1, -0.05) is 23.2 Å². The zero-order chi connectivity index (χ0) is 14.5. The van der Waals surface area contributed by atoms with E-state index < -0.39 is 6.09 Å². The highest BCUT2D eigenvalue weighted by Crippen LogP contribution is 2.28. The van der Waals surface area contributed by atoms with Gasteiger partial charge in [-0.15, -0.1) is 0 Å². The van der Waals surface area contributed by atoms with Gasteiger partial charge < -0.3 is 10.1 Å². The van der Waals surface area contributed by atoms with E-state index in [-0.39, 0.29) is 0 Å². The van der Waals surface area contributed by atoms with Gasteiger partial charge in [0.1, 0.15) is 0 Å². The van der Waals surface area contributed by atoms with Crippen molar-refractivity contribution in [1.29, 1.82) is 0 Å². The molecule has 0 aromatic heterocycles. The third-order valence-electron chi connectivity index (χ3n) is 2.52. The number of nitrogens with one attached hydrogen (secondary N) is 2. The van der Waals surface area contributed by atoms with Gasteiger partial charge >= 0.3 is 6.09 Å². The second kappa shape index (κ2) is 6.50. The number of rotatable bonds is 3. The van der Waals surface area contributed by atoms with Crippen LogP contribution < -0.4 is 10.6 Å². The number of ether oxygens (including phenoxy) is 1. The average Bonchev–Trinajstić information content (AvgIpc) is 2.45. The van der Waals surface area contributed by atoms with Crippen molar-refractivity contribution in [3.63, 3.8) is 0 Å². The minimum absolute atomic E-state index is 0.511. The van der Waals surface area contributed by atoms with Gasteiger partial charge in [-0.3, -0.25) is 5.32 Å². The number of benzene rings is 2. The van der Waals surface area contributed by atoms with Crippen LogP contribution in [0.5, 0.6) is 0 Å².